The van der Waals surface area contributed by atoms with E-state index >= 15 is 0 Å². The van der Waals surface area contributed by atoms with Gasteiger partial charge < -0.3 is 10.0 Å². The van der Waals surface area contributed by atoms with Gasteiger partial charge in [0, 0.05) is 18.3 Å². The number of rotatable bonds is 4. The van der Waals surface area contributed by atoms with Gasteiger partial charge >= 0.3 is 0 Å². The lowest BCUT2D eigenvalue weighted by Crippen LogP contribution is -2.30. The summed E-state index contributed by atoms with van der Waals surface area (Å²) >= 11 is 0. The first-order valence-corrected chi connectivity index (χ1v) is 6.19. The van der Waals surface area contributed by atoms with E-state index in [2.05, 4.69) is 4.98 Å². The van der Waals surface area contributed by atoms with E-state index in [1.165, 1.54) is 12.1 Å². The SMILES string of the molecule is CCN(Cc1ccccn1)C(=O)c1ccc(O)cc1. The fourth-order valence-electron chi connectivity index (χ4n) is 1.80. The van der Waals surface area contributed by atoms with Crippen LogP contribution in [0.2, 0.25) is 0 Å². The smallest absolute Gasteiger partial charge is 0.254 e. The fraction of sp³-hybridized carbons (Fsp3) is 0.200. The summed E-state index contributed by atoms with van der Waals surface area (Å²) in [5.74, 6) is 0.0949. The highest BCUT2D eigenvalue weighted by molar-refractivity contribution is 5.94. The van der Waals surface area contributed by atoms with Crippen LogP contribution in [0.3, 0.4) is 0 Å². The zero-order valence-corrected chi connectivity index (χ0v) is 10.8. The summed E-state index contributed by atoms with van der Waals surface area (Å²) in [6.45, 7) is 3.02. The number of phenols is 1. The number of hydrogen-bond donors (Lipinski definition) is 1. The molecule has 0 aliphatic rings. The molecule has 0 fully saturated rings. The molecule has 0 bridgehead atoms. The number of hydrogen-bond acceptors (Lipinski definition) is 3. The number of aromatic hydroxyl groups is 1. The van der Waals surface area contributed by atoms with E-state index < -0.39 is 0 Å². The quantitative estimate of drug-likeness (QED) is 0.914. The van der Waals surface area contributed by atoms with Gasteiger partial charge in [0.1, 0.15) is 5.75 Å². The van der Waals surface area contributed by atoms with E-state index in [0.29, 0.717) is 18.7 Å². The van der Waals surface area contributed by atoms with E-state index in [9.17, 15) is 9.90 Å². The first kappa shape index (κ1) is 13.1. The summed E-state index contributed by atoms with van der Waals surface area (Å²) in [5.41, 5.74) is 1.42. The van der Waals surface area contributed by atoms with Gasteiger partial charge in [-0.3, -0.25) is 9.78 Å². The Bertz CT molecular complexity index is 538. The topological polar surface area (TPSA) is 53.4 Å². The standard InChI is InChI=1S/C15H16N2O2/c1-2-17(11-13-5-3-4-10-16-13)15(19)12-6-8-14(18)9-7-12/h3-10,18H,2,11H2,1H3. The molecule has 1 aromatic carbocycles. The molecule has 4 nitrogen and oxygen atoms in total. The normalized spacial score (nSPS) is 10.2. The average Bonchev–Trinajstić information content (AvgIpc) is 2.46. The zero-order valence-electron chi connectivity index (χ0n) is 10.8. The molecule has 0 aliphatic heterocycles. The summed E-state index contributed by atoms with van der Waals surface area (Å²) in [4.78, 5) is 18.2. The second-order valence-corrected chi connectivity index (χ2v) is 4.19. The van der Waals surface area contributed by atoms with Crippen LogP contribution in [0.25, 0.3) is 0 Å². The van der Waals surface area contributed by atoms with Crippen molar-refractivity contribution in [3.63, 3.8) is 0 Å². The van der Waals surface area contributed by atoms with Gasteiger partial charge in [-0.25, -0.2) is 0 Å². The number of aromatic nitrogens is 1. The lowest BCUT2D eigenvalue weighted by molar-refractivity contribution is 0.0750. The third-order valence-corrected chi connectivity index (χ3v) is 2.86. The Morgan fingerprint density at radius 2 is 1.95 bits per heavy atom. The summed E-state index contributed by atoms with van der Waals surface area (Å²) in [6, 6.07) is 11.9. The Labute approximate surface area is 112 Å². The van der Waals surface area contributed by atoms with Crippen LogP contribution in [0.4, 0.5) is 0 Å². The first-order valence-electron chi connectivity index (χ1n) is 6.19. The molecular weight excluding hydrogens is 240 g/mol. The van der Waals surface area contributed by atoms with Crippen LogP contribution in [0.5, 0.6) is 5.75 Å². The van der Waals surface area contributed by atoms with Crippen LogP contribution in [-0.4, -0.2) is 27.4 Å². The number of benzene rings is 1. The number of phenolic OH excluding ortho intramolecular Hbond substituents is 1. The largest absolute Gasteiger partial charge is 0.508 e. The van der Waals surface area contributed by atoms with Gasteiger partial charge in [0.05, 0.1) is 12.2 Å². The minimum absolute atomic E-state index is 0.0619. The van der Waals surface area contributed by atoms with Crippen molar-refractivity contribution in [1.82, 2.24) is 9.88 Å². The number of nitrogens with zero attached hydrogens (tertiary/aromatic N) is 2. The van der Waals surface area contributed by atoms with Crippen molar-refractivity contribution >= 4 is 5.91 Å². The van der Waals surface area contributed by atoms with Crippen molar-refractivity contribution in [2.75, 3.05) is 6.54 Å². The van der Waals surface area contributed by atoms with Crippen LogP contribution < -0.4 is 0 Å². The van der Waals surface area contributed by atoms with Crippen molar-refractivity contribution in [1.29, 1.82) is 0 Å². The van der Waals surface area contributed by atoms with Crippen LogP contribution in [0.1, 0.15) is 23.0 Å². The Kier molecular flexibility index (Phi) is 4.13. The van der Waals surface area contributed by atoms with E-state index in [0.717, 1.165) is 5.69 Å². The molecule has 2 rings (SSSR count). The summed E-state index contributed by atoms with van der Waals surface area (Å²) in [5, 5.41) is 9.23. The van der Waals surface area contributed by atoms with Gasteiger partial charge in [0.2, 0.25) is 0 Å². The second kappa shape index (κ2) is 6.00. The molecule has 0 aliphatic carbocycles. The van der Waals surface area contributed by atoms with E-state index in [-0.39, 0.29) is 11.7 Å². The lowest BCUT2D eigenvalue weighted by atomic mass is 10.2. The molecule has 1 N–H and O–H groups in total. The van der Waals surface area contributed by atoms with Crippen molar-refractivity contribution in [3.8, 4) is 5.75 Å². The summed E-state index contributed by atoms with van der Waals surface area (Å²) in [7, 11) is 0. The molecule has 1 amide bonds. The zero-order chi connectivity index (χ0) is 13.7. The van der Waals surface area contributed by atoms with Crippen LogP contribution in [-0.2, 0) is 6.54 Å². The van der Waals surface area contributed by atoms with E-state index in [1.807, 2.05) is 25.1 Å². The highest BCUT2D eigenvalue weighted by Gasteiger charge is 2.14. The predicted molar refractivity (Wildman–Crippen MR) is 72.8 cm³/mol. The molecule has 19 heavy (non-hydrogen) atoms. The second-order valence-electron chi connectivity index (χ2n) is 4.19. The molecule has 0 radical (unpaired) electrons. The van der Waals surface area contributed by atoms with Gasteiger partial charge in [0.15, 0.2) is 0 Å². The number of pyridine rings is 1. The molecule has 0 atom stereocenters. The first-order chi connectivity index (χ1) is 9.20. The molecule has 0 spiro atoms. The average molecular weight is 256 g/mol. The van der Waals surface area contributed by atoms with Crippen LogP contribution in [0, 0.1) is 0 Å². The molecule has 0 saturated carbocycles. The molecular formula is C15H16N2O2. The monoisotopic (exact) mass is 256 g/mol. The van der Waals surface area contributed by atoms with Gasteiger partial charge in [-0.05, 0) is 43.3 Å². The Hall–Kier alpha value is -2.36. The molecule has 0 unspecified atom stereocenters. The van der Waals surface area contributed by atoms with Crippen molar-refractivity contribution in [2.24, 2.45) is 0 Å². The molecule has 0 saturated heterocycles. The van der Waals surface area contributed by atoms with Gasteiger partial charge in [-0.1, -0.05) is 6.07 Å². The third-order valence-electron chi connectivity index (χ3n) is 2.86. The van der Waals surface area contributed by atoms with Crippen molar-refractivity contribution in [3.05, 3.63) is 59.9 Å². The Morgan fingerprint density at radius 3 is 2.53 bits per heavy atom. The van der Waals surface area contributed by atoms with Gasteiger partial charge in [-0.15, -0.1) is 0 Å². The fourth-order valence-corrected chi connectivity index (χ4v) is 1.80. The molecule has 2 aromatic rings. The summed E-state index contributed by atoms with van der Waals surface area (Å²) < 4.78 is 0. The van der Waals surface area contributed by atoms with Crippen molar-refractivity contribution < 1.29 is 9.90 Å². The van der Waals surface area contributed by atoms with E-state index in [1.54, 1.807) is 23.2 Å². The summed E-state index contributed by atoms with van der Waals surface area (Å²) in [6.07, 6.45) is 1.72. The minimum Gasteiger partial charge on any atom is -0.508 e. The highest BCUT2D eigenvalue weighted by atomic mass is 16.3. The lowest BCUT2D eigenvalue weighted by Gasteiger charge is -2.20. The number of amides is 1. The predicted octanol–water partition coefficient (Wildman–Crippen LogP) is 2.45. The van der Waals surface area contributed by atoms with Gasteiger partial charge in [0.25, 0.3) is 5.91 Å². The Morgan fingerprint density at radius 1 is 1.21 bits per heavy atom. The molecule has 4 heteroatoms. The molecule has 1 heterocycles. The maximum absolute atomic E-state index is 12.3. The number of carbonyl (C=O) groups excluding carboxylic acids is 1. The maximum Gasteiger partial charge on any atom is 0.254 e. The van der Waals surface area contributed by atoms with Gasteiger partial charge in [-0.2, -0.15) is 0 Å². The minimum atomic E-state index is -0.0619. The van der Waals surface area contributed by atoms with Crippen LogP contribution in [0.15, 0.2) is 48.7 Å². The number of carbonyl (C=O) groups is 1. The van der Waals surface area contributed by atoms with Crippen LogP contribution >= 0.6 is 0 Å². The maximum atomic E-state index is 12.3. The van der Waals surface area contributed by atoms with E-state index in [4.69, 9.17) is 0 Å². The van der Waals surface area contributed by atoms with Crippen molar-refractivity contribution in [2.45, 2.75) is 13.5 Å². The molecule has 1 aromatic heterocycles. The molecule has 98 valence electrons. The third kappa shape index (κ3) is 3.31. The Balaban J connectivity index is 2.13. The highest BCUT2D eigenvalue weighted by Crippen LogP contribution is 2.13.